The number of rotatable bonds is 4. The second-order valence-electron chi connectivity index (χ2n) is 6.25. The summed E-state index contributed by atoms with van der Waals surface area (Å²) in [6, 6.07) is 8.93. The molecule has 27 heavy (non-hydrogen) atoms. The zero-order chi connectivity index (χ0) is 18.9. The number of nitrogens with zero attached hydrogens (tertiary/aromatic N) is 4. The van der Waals surface area contributed by atoms with Crippen molar-refractivity contribution in [3.63, 3.8) is 0 Å². The summed E-state index contributed by atoms with van der Waals surface area (Å²) >= 11 is 0. The van der Waals surface area contributed by atoms with Gasteiger partial charge in [-0.05, 0) is 30.7 Å². The number of hydrogen-bond acceptors (Lipinski definition) is 6. The van der Waals surface area contributed by atoms with Crippen molar-refractivity contribution >= 4 is 10.0 Å². The second kappa shape index (κ2) is 7.18. The van der Waals surface area contributed by atoms with Crippen molar-refractivity contribution in [2.45, 2.75) is 11.8 Å². The van der Waals surface area contributed by atoms with Crippen molar-refractivity contribution in [2.24, 2.45) is 0 Å². The molecule has 0 amide bonds. The predicted octanol–water partition coefficient (Wildman–Crippen LogP) is 1.86. The molecule has 1 aliphatic rings. The van der Waals surface area contributed by atoms with Gasteiger partial charge in [0.2, 0.25) is 10.0 Å². The lowest BCUT2D eigenvalue weighted by Gasteiger charge is -2.26. The maximum Gasteiger partial charge on any atom is 0.243 e. The summed E-state index contributed by atoms with van der Waals surface area (Å²) in [5.74, 6) is 1.12. The zero-order valence-corrected chi connectivity index (χ0v) is 15.6. The summed E-state index contributed by atoms with van der Waals surface area (Å²) < 4.78 is 32.8. The van der Waals surface area contributed by atoms with Crippen LogP contribution in [0.25, 0.3) is 22.8 Å². The van der Waals surface area contributed by atoms with Crippen LogP contribution in [0.2, 0.25) is 0 Å². The first-order valence-electron chi connectivity index (χ1n) is 8.58. The number of aromatic amines is 1. The lowest BCUT2D eigenvalue weighted by Crippen LogP contribution is -2.40. The van der Waals surface area contributed by atoms with E-state index in [1.54, 1.807) is 31.5 Å². The Bertz CT molecular complexity index is 1040. The predicted molar refractivity (Wildman–Crippen MR) is 99.4 cm³/mol. The molecule has 0 spiro atoms. The lowest BCUT2D eigenvalue weighted by molar-refractivity contribution is 0.0730. The smallest absolute Gasteiger partial charge is 0.243 e. The average Bonchev–Trinajstić information content (AvgIpc) is 3.20. The van der Waals surface area contributed by atoms with Gasteiger partial charge in [0.05, 0.1) is 18.1 Å². The molecule has 3 heterocycles. The van der Waals surface area contributed by atoms with Gasteiger partial charge in [-0.1, -0.05) is 12.1 Å². The van der Waals surface area contributed by atoms with E-state index < -0.39 is 10.0 Å². The van der Waals surface area contributed by atoms with E-state index in [9.17, 15) is 8.42 Å². The highest BCUT2D eigenvalue weighted by Crippen LogP contribution is 2.27. The Morgan fingerprint density at radius 3 is 2.37 bits per heavy atom. The quantitative estimate of drug-likeness (QED) is 0.736. The normalized spacial score (nSPS) is 15.7. The van der Waals surface area contributed by atoms with E-state index in [4.69, 9.17) is 4.74 Å². The maximum absolute atomic E-state index is 13.0. The third-order valence-corrected chi connectivity index (χ3v) is 6.53. The lowest BCUT2D eigenvalue weighted by atomic mass is 10.1. The molecular formula is C18H19N5O3S. The number of H-pyrrole nitrogens is 1. The molecule has 0 aliphatic carbocycles. The van der Waals surface area contributed by atoms with Gasteiger partial charge in [-0.3, -0.25) is 4.98 Å². The molecule has 0 atom stereocenters. The van der Waals surface area contributed by atoms with Crippen molar-refractivity contribution in [1.82, 2.24) is 24.5 Å². The molecule has 1 N–H and O–H groups in total. The first-order chi connectivity index (χ1) is 13.1. The Hall–Kier alpha value is -2.62. The molecule has 4 rings (SSSR count). The minimum Gasteiger partial charge on any atom is -0.379 e. The first-order valence-corrected chi connectivity index (χ1v) is 10.0. The third-order valence-electron chi connectivity index (χ3n) is 4.49. The molecule has 8 nitrogen and oxygen atoms in total. The van der Waals surface area contributed by atoms with Crippen LogP contribution in [-0.4, -0.2) is 59.2 Å². The van der Waals surface area contributed by atoms with Crippen molar-refractivity contribution in [2.75, 3.05) is 26.3 Å². The SMILES string of the molecule is Cc1ccc(-c2nnc(-c3ccncc3)[nH]2)cc1S(=O)(=O)N1CCOCC1. The van der Waals surface area contributed by atoms with Crippen LogP contribution in [-0.2, 0) is 14.8 Å². The molecule has 0 bridgehead atoms. The van der Waals surface area contributed by atoms with Crippen LogP contribution in [0.3, 0.4) is 0 Å². The van der Waals surface area contributed by atoms with Crippen molar-refractivity contribution in [1.29, 1.82) is 0 Å². The number of morpholine rings is 1. The molecule has 1 fully saturated rings. The Kier molecular flexibility index (Phi) is 4.73. The topological polar surface area (TPSA) is 101 Å². The minimum absolute atomic E-state index is 0.281. The molecule has 0 radical (unpaired) electrons. The largest absolute Gasteiger partial charge is 0.379 e. The minimum atomic E-state index is -3.59. The molecule has 9 heteroatoms. The zero-order valence-electron chi connectivity index (χ0n) is 14.8. The number of benzene rings is 1. The van der Waals surface area contributed by atoms with Gasteiger partial charge in [0.15, 0.2) is 11.6 Å². The van der Waals surface area contributed by atoms with Gasteiger partial charge in [0.1, 0.15) is 0 Å². The van der Waals surface area contributed by atoms with E-state index in [0.717, 1.165) is 5.56 Å². The van der Waals surface area contributed by atoms with E-state index in [0.29, 0.717) is 49.1 Å². The molecule has 1 aromatic carbocycles. The van der Waals surface area contributed by atoms with Crippen molar-refractivity contribution in [3.05, 3.63) is 48.3 Å². The highest BCUT2D eigenvalue weighted by atomic mass is 32.2. The van der Waals surface area contributed by atoms with Crippen LogP contribution in [0.5, 0.6) is 0 Å². The molecule has 0 unspecified atom stereocenters. The van der Waals surface area contributed by atoms with Gasteiger partial charge in [-0.2, -0.15) is 4.31 Å². The van der Waals surface area contributed by atoms with Gasteiger partial charge in [0.25, 0.3) is 0 Å². The monoisotopic (exact) mass is 385 g/mol. The average molecular weight is 385 g/mol. The Balaban J connectivity index is 1.70. The fourth-order valence-electron chi connectivity index (χ4n) is 2.98. The number of aromatic nitrogens is 4. The van der Waals surface area contributed by atoms with Gasteiger partial charge in [0, 0.05) is 36.6 Å². The summed E-state index contributed by atoms with van der Waals surface area (Å²) in [7, 11) is -3.59. The van der Waals surface area contributed by atoms with Crippen LogP contribution in [0.15, 0.2) is 47.6 Å². The highest BCUT2D eigenvalue weighted by molar-refractivity contribution is 7.89. The number of nitrogens with one attached hydrogen (secondary N) is 1. The Morgan fingerprint density at radius 1 is 1.00 bits per heavy atom. The molecular weight excluding hydrogens is 366 g/mol. The number of aryl methyl sites for hydroxylation is 1. The third kappa shape index (κ3) is 3.48. The molecule has 1 aliphatic heterocycles. The van der Waals surface area contributed by atoms with Crippen LogP contribution < -0.4 is 0 Å². The van der Waals surface area contributed by atoms with Gasteiger partial charge < -0.3 is 9.72 Å². The summed E-state index contributed by atoms with van der Waals surface area (Å²) in [5, 5.41) is 8.33. The molecule has 1 saturated heterocycles. The Morgan fingerprint density at radius 2 is 1.67 bits per heavy atom. The van der Waals surface area contributed by atoms with E-state index in [1.807, 2.05) is 18.2 Å². The fourth-order valence-corrected chi connectivity index (χ4v) is 4.64. The van der Waals surface area contributed by atoms with E-state index in [2.05, 4.69) is 20.2 Å². The number of hydrogen-bond donors (Lipinski definition) is 1. The Labute approximate surface area is 157 Å². The molecule has 0 saturated carbocycles. The van der Waals surface area contributed by atoms with E-state index >= 15 is 0 Å². The van der Waals surface area contributed by atoms with Crippen molar-refractivity contribution in [3.8, 4) is 22.8 Å². The summed E-state index contributed by atoms with van der Waals surface area (Å²) in [5.41, 5.74) is 2.22. The van der Waals surface area contributed by atoms with Gasteiger partial charge >= 0.3 is 0 Å². The fraction of sp³-hybridized carbons (Fsp3) is 0.278. The number of sulfonamides is 1. The second-order valence-corrected chi connectivity index (χ2v) is 8.16. The first kappa shape index (κ1) is 17.8. The van der Waals surface area contributed by atoms with Crippen LogP contribution in [0, 0.1) is 6.92 Å². The maximum atomic E-state index is 13.0. The van der Waals surface area contributed by atoms with Crippen LogP contribution in [0.4, 0.5) is 0 Å². The van der Waals surface area contributed by atoms with E-state index in [-0.39, 0.29) is 4.90 Å². The van der Waals surface area contributed by atoms with E-state index in [1.165, 1.54) is 4.31 Å². The highest BCUT2D eigenvalue weighted by Gasteiger charge is 2.28. The summed E-state index contributed by atoms with van der Waals surface area (Å²) in [4.78, 5) is 7.41. The number of pyridine rings is 1. The molecule has 140 valence electrons. The standard InChI is InChI=1S/C18H19N5O3S/c1-13-2-3-15(12-16(13)27(24,25)23-8-10-26-11-9-23)18-20-17(21-22-18)14-4-6-19-7-5-14/h2-7,12H,8-11H2,1H3,(H,20,21,22). The van der Waals surface area contributed by atoms with Crippen molar-refractivity contribution < 1.29 is 13.2 Å². The van der Waals surface area contributed by atoms with Crippen LogP contribution >= 0.6 is 0 Å². The number of ether oxygens (including phenoxy) is 1. The molecule has 2 aromatic heterocycles. The van der Waals surface area contributed by atoms with Gasteiger partial charge in [-0.25, -0.2) is 8.42 Å². The van der Waals surface area contributed by atoms with Crippen LogP contribution in [0.1, 0.15) is 5.56 Å². The van der Waals surface area contributed by atoms with Gasteiger partial charge in [-0.15, -0.1) is 10.2 Å². The molecule has 3 aromatic rings. The summed E-state index contributed by atoms with van der Waals surface area (Å²) in [6.07, 6.45) is 3.35. The summed E-state index contributed by atoms with van der Waals surface area (Å²) in [6.45, 7) is 3.34.